The second-order valence-electron chi connectivity index (χ2n) is 5.35. The molecule has 0 spiro atoms. The van der Waals surface area contributed by atoms with Crippen molar-refractivity contribution in [2.75, 3.05) is 18.2 Å². The van der Waals surface area contributed by atoms with Gasteiger partial charge in [-0.3, -0.25) is 14.9 Å². The fourth-order valence-corrected chi connectivity index (χ4v) is 3.57. The van der Waals surface area contributed by atoms with Crippen LogP contribution in [0.1, 0.15) is 5.56 Å². The molecule has 26 heavy (non-hydrogen) atoms. The van der Waals surface area contributed by atoms with Crippen molar-refractivity contribution in [2.45, 2.75) is 5.75 Å². The highest BCUT2D eigenvalue weighted by Gasteiger charge is 2.21. The van der Waals surface area contributed by atoms with Gasteiger partial charge in [-0.15, -0.1) is 0 Å². The van der Waals surface area contributed by atoms with Crippen molar-refractivity contribution in [3.05, 3.63) is 63.2 Å². The van der Waals surface area contributed by atoms with Gasteiger partial charge in [0.15, 0.2) is 9.84 Å². The summed E-state index contributed by atoms with van der Waals surface area (Å²) in [6, 6.07) is 10.0. The van der Waals surface area contributed by atoms with Gasteiger partial charge in [-0.05, 0) is 29.8 Å². The number of nitro benzene ring substituents is 1. The number of nitrogens with zero attached hydrogens (tertiary/aromatic N) is 1. The van der Waals surface area contributed by atoms with E-state index in [9.17, 15) is 23.3 Å². The highest BCUT2D eigenvalue weighted by atomic mass is 35.5. The molecule has 0 saturated heterocycles. The number of benzene rings is 2. The number of carbonyl (C=O) groups excluding carboxylic acids is 1. The maximum absolute atomic E-state index is 12.2. The number of nitrogens with one attached hydrogen (secondary N) is 1. The van der Waals surface area contributed by atoms with Gasteiger partial charge in [0.2, 0.25) is 5.91 Å². The molecule has 1 amide bonds. The molecule has 0 radical (unpaired) electrons. The Morgan fingerprint density at radius 2 is 1.88 bits per heavy atom. The van der Waals surface area contributed by atoms with Gasteiger partial charge in [0.25, 0.3) is 5.69 Å². The number of nitro groups is 1. The Hall–Kier alpha value is -2.65. The predicted molar refractivity (Wildman–Crippen MR) is 97.2 cm³/mol. The Morgan fingerprint density at radius 1 is 1.23 bits per heavy atom. The molecule has 2 aromatic rings. The summed E-state index contributed by atoms with van der Waals surface area (Å²) in [6.07, 6.45) is 0. The quantitative estimate of drug-likeness (QED) is 0.566. The number of hydrogen-bond acceptors (Lipinski definition) is 6. The summed E-state index contributed by atoms with van der Waals surface area (Å²) < 4.78 is 29.2. The fourth-order valence-electron chi connectivity index (χ4n) is 2.17. The average Bonchev–Trinajstić information content (AvgIpc) is 2.56. The largest absolute Gasteiger partial charge is 0.496 e. The van der Waals surface area contributed by atoms with Crippen molar-refractivity contribution in [2.24, 2.45) is 0 Å². The number of amides is 1. The standard InChI is InChI=1S/C16H15ClN2O6S/c1-25-13-6-7-14(15(8-13)19(21)22)18-16(20)10-26(23,24)9-11-2-4-12(17)5-3-11/h2-8H,9-10H2,1H3,(H,18,20). The van der Waals surface area contributed by atoms with Gasteiger partial charge < -0.3 is 10.1 Å². The Kier molecular flexibility index (Phi) is 6.17. The lowest BCUT2D eigenvalue weighted by Gasteiger charge is -2.08. The van der Waals surface area contributed by atoms with E-state index in [1.165, 1.54) is 19.2 Å². The number of sulfone groups is 1. The summed E-state index contributed by atoms with van der Waals surface area (Å²) in [5.41, 5.74) is -0.0204. The lowest BCUT2D eigenvalue weighted by Crippen LogP contribution is -2.24. The molecular weight excluding hydrogens is 384 g/mol. The van der Waals surface area contributed by atoms with E-state index in [4.69, 9.17) is 16.3 Å². The van der Waals surface area contributed by atoms with Gasteiger partial charge in [-0.25, -0.2) is 8.42 Å². The third-order valence-electron chi connectivity index (χ3n) is 3.33. The Balaban J connectivity index is 2.10. The summed E-state index contributed by atoms with van der Waals surface area (Å²) in [5.74, 6) is -1.78. The van der Waals surface area contributed by atoms with Crippen molar-refractivity contribution in [3.8, 4) is 5.75 Å². The molecule has 1 N–H and O–H groups in total. The van der Waals surface area contributed by atoms with Crippen LogP contribution in [-0.4, -0.2) is 32.1 Å². The molecule has 0 saturated carbocycles. The molecule has 0 aliphatic carbocycles. The Morgan fingerprint density at radius 3 is 2.46 bits per heavy atom. The molecule has 10 heteroatoms. The third-order valence-corrected chi connectivity index (χ3v) is 5.05. The molecule has 138 valence electrons. The average molecular weight is 399 g/mol. The summed E-state index contributed by atoms with van der Waals surface area (Å²) in [7, 11) is -2.41. The molecular formula is C16H15ClN2O6S. The van der Waals surface area contributed by atoms with Crippen molar-refractivity contribution in [1.82, 2.24) is 0 Å². The van der Waals surface area contributed by atoms with Crippen LogP contribution in [-0.2, 0) is 20.4 Å². The molecule has 0 fully saturated rings. The highest BCUT2D eigenvalue weighted by molar-refractivity contribution is 7.91. The number of ether oxygens (including phenoxy) is 1. The SMILES string of the molecule is COc1ccc(NC(=O)CS(=O)(=O)Cc2ccc(Cl)cc2)c([N+](=O)[O-])c1. The Bertz CT molecular complexity index is 928. The van der Waals surface area contributed by atoms with Gasteiger partial charge in [0.1, 0.15) is 17.2 Å². The van der Waals surface area contributed by atoms with Crippen LogP contribution in [0, 0.1) is 10.1 Å². The van der Waals surface area contributed by atoms with E-state index in [-0.39, 0.29) is 17.2 Å². The van der Waals surface area contributed by atoms with Gasteiger partial charge in [-0.1, -0.05) is 23.7 Å². The molecule has 0 aliphatic rings. The minimum absolute atomic E-state index is 0.109. The summed E-state index contributed by atoms with van der Waals surface area (Å²) in [5, 5.41) is 13.8. The summed E-state index contributed by atoms with van der Waals surface area (Å²) in [4.78, 5) is 22.4. The third kappa shape index (κ3) is 5.43. The highest BCUT2D eigenvalue weighted by Crippen LogP contribution is 2.29. The molecule has 2 aromatic carbocycles. The molecule has 0 atom stereocenters. The van der Waals surface area contributed by atoms with Gasteiger partial charge in [0, 0.05) is 5.02 Å². The van der Waals surface area contributed by atoms with E-state index in [2.05, 4.69) is 5.32 Å². The number of halogens is 1. The van der Waals surface area contributed by atoms with Crippen LogP contribution in [0.4, 0.5) is 11.4 Å². The first-order valence-corrected chi connectivity index (χ1v) is 9.47. The number of methoxy groups -OCH3 is 1. The van der Waals surface area contributed by atoms with Crippen LogP contribution < -0.4 is 10.1 Å². The molecule has 0 aromatic heterocycles. The first kappa shape index (κ1) is 19.7. The number of hydrogen-bond donors (Lipinski definition) is 1. The van der Waals surface area contributed by atoms with Crippen molar-refractivity contribution < 1.29 is 22.9 Å². The van der Waals surface area contributed by atoms with Crippen LogP contribution in [0.2, 0.25) is 5.02 Å². The number of anilines is 1. The van der Waals surface area contributed by atoms with Crippen LogP contribution in [0.3, 0.4) is 0 Å². The van der Waals surface area contributed by atoms with E-state index < -0.39 is 32.1 Å². The van der Waals surface area contributed by atoms with Crippen LogP contribution in [0.5, 0.6) is 5.75 Å². The molecule has 0 bridgehead atoms. The predicted octanol–water partition coefficient (Wildman–Crippen LogP) is 2.81. The topological polar surface area (TPSA) is 116 Å². The smallest absolute Gasteiger partial charge is 0.296 e. The fraction of sp³-hybridized carbons (Fsp3) is 0.188. The lowest BCUT2D eigenvalue weighted by molar-refractivity contribution is -0.384. The zero-order chi connectivity index (χ0) is 19.3. The molecule has 0 aliphatic heterocycles. The zero-order valence-electron chi connectivity index (χ0n) is 13.6. The minimum atomic E-state index is -3.76. The first-order valence-electron chi connectivity index (χ1n) is 7.27. The van der Waals surface area contributed by atoms with E-state index in [0.717, 1.165) is 6.07 Å². The van der Waals surface area contributed by atoms with E-state index in [1.54, 1.807) is 24.3 Å². The van der Waals surface area contributed by atoms with E-state index >= 15 is 0 Å². The van der Waals surface area contributed by atoms with Crippen molar-refractivity contribution >= 4 is 38.7 Å². The second-order valence-corrected chi connectivity index (χ2v) is 7.85. The normalized spacial score (nSPS) is 11.0. The number of carbonyl (C=O) groups is 1. The Labute approximate surface area is 154 Å². The minimum Gasteiger partial charge on any atom is -0.496 e. The molecule has 8 nitrogen and oxygen atoms in total. The molecule has 0 unspecified atom stereocenters. The van der Waals surface area contributed by atoms with Crippen LogP contribution in [0.15, 0.2) is 42.5 Å². The lowest BCUT2D eigenvalue weighted by atomic mass is 10.2. The molecule has 2 rings (SSSR count). The van der Waals surface area contributed by atoms with Gasteiger partial charge in [-0.2, -0.15) is 0 Å². The van der Waals surface area contributed by atoms with Gasteiger partial charge >= 0.3 is 0 Å². The van der Waals surface area contributed by atoms with E-state index in [1.807, 2.05) is 0 Å². The zero-order valence-corrected chi connectivity index (χ0v) is 15.2. The molecule has 0 heterocycles. The summed E-state index contributed by atoms with van der Waals surface area (Å²) in [6.45, 7) is 0. The maximum atomic E-state index is 12.2. The van der Waals surface area contributed by atoms with Crippen molar-refractivity contribution in [1.29, 1.82) is 0 Å². The monoisotopic (exact) mass is 398 g/mol. The maximum Gasteiger partial charge on any atom is 0.296 e. The number of rotatable bonds is 7. The van der Waals surface area contributed by atoms with Gasteiger partial charge in [0.05, 0.1) is 23.9 Å². The first-order chi connectivity index (χ1) is 12.2. The van der Waals surface area contributed by atoms with Crippen LogP contribution >= 0.6 is 11.6 Å². The van der Waals surface area contributed by atoms with Crippen LogP contribution in [0.25, 0.3) is 0 Å². The summed E-state index contributed by atoms with van der Waals surface area (Å²) >= 11 is 5.74. The van der Waals surface area contributed by atoms with E-state index in [0.29, 0.717) is 10.6 Å². The van der Waals surface area contributed by atoms with Crippen molar-refractivity contribution in [3.63, 3.8) is 0 Å². The second kappa shape index (κ2) is 8.15.